The third-order valence-electron chi connectivity index (χ3n) is 2.66. The molecule has 82 valence electrons. The number of anilines is 1. The van der Waals surface area contributed by atoms with E-state index in [-0.39, 0.29) is 5.78 Å². The first kappa shape index (κ1) is 9.62. The van der Waals surface area contributed by atoms with E-state index in [0.29, 0.717) is 18.0 Å². The van der Waals surface area contributed by atoms with Gasteiger partial charge in [0.05, 0.1) is 23.7 Å². The van der Waals surface area contributed by atoms with Crippen molar-refractivity contribution in [2.45, 2.75) is 6.61 Å². The predicted octanol–water partition coefficient (Wildman–Crippen LogP) is 1.81. The number of nitrogens with zero attached hydrogens (tertiary/aromatic N) is 1. The van der Waals surface area contributed by atoms with Gasteiger partial charge in [-0.2, -0.15) is 0 Å². The quantitative estimate of drug-likeness (QED) is 0.735. The number of fused-ring (bicyclic) bond motifs is 3. The van der Waals surface area contributed by atoms with Gasteiger partial charge in [-0.25, -0.2) is 0 Å². The monoisotopic (exact) mass is 234 g/mol. The van der Waals surface area contributed by atoms with Crippen LogP contribution in [0, 0.1) is 0 Å². The first-order valence-corrected chi connectivity index (χ1v) is 5.72. The van der Waals surface area contributed by atoms with Crippen molar-refractivity contribution in [3.05, 3.63) is 33.8 Å². The van der Waals surface area contributed by atoms with Crippen molar-refractivity contribution in [3.8, 4) is 5.69 Å². The Bertz CT molecular complexity index is 583. The maximum Gasteiger partial charge on any atom is 0.221 e. The Hall–Kier alpha value is -1.59. The SMILES string of the molecule is COCc1csc2c1-n1cc(N)cc1C2=O. The van der Waals surface area contributed by atoms with Gasteiger partial charge in [0, 0.05) is 18.9 Å². The van der Waals surface area contributed by atoms with Crippen LogP contribution in [-0.2, 0) is 11.3 Å². The van der Waals surface area contributed by atoms with Crippen molar-refractivity contribution in [1.82, 2.24) is 4.57 Å². The lowest BCUT2D eigenvalue weighted by atomic mass is 10.2. The van der Waals surface area contributed by atoms with Gasteiger partial charge in [0.1, 0.15) is 4.88 Å². The van der Waals surface area contributed by atoms with Crippen LogP contribution in [0.25, 0.3) is 5.69 Å². The first-order valence-electron chi connectivity index (χ1n) is 4.84. The van der Waals surface area contributed by atoms with Crippen LogP contribution in [0.3, 0.4) is 0 Å². The fraction of sp³-hybridized carbons (Fsp3) is 0.182. The molecular formula is C11H10N2O2S. The molecule has 0 saturated carbocycles. The summed E-state index contributed by atoms with van der Waals surface area (Å²) in [7, 11) is 1.64. The molecule has 0 unspecified atom stereocenters. The van der Waals surface area contributed by atoms with E-state index in [1.165, 1.54) is 11.3 Å². The summed E-state index contributed by atoms with van der Waals surface area (Å²) in [4.78, 5) is 12.8. The van der Waals surface area contributed by atoms with Crippen molar-refractivity contribution < 1.29 is 9.53 Å². The zero-order chi connectivity index (χ0) is 11.3. The smallest absolute Gasteiger partial charge is 0.221 e. The third kappa shape index (κ3) is 1.10. The highest BCUT2D eigenvalue weighted by Crippen LogP contribution is 2.37. The molecule has 3 rings (SSSR count). The van der Waals surface area contributed by atoms with Crippen LogP contribution in [0.4, 0.5) is 5.69 Å². The van der Waals surface area contributed by atoms with E-state index in [1.807, 2.05) is 9.95 Å². The number of thiophene rings is 1. The normalized spacial score (nSPS) is 12.9. The molecule has 0 aliphatic carbocycles. The second-order valence-corrected chi connectivity index (χ2v) is 4.61. The van der Waals surface area contributed by atoms with Crippen LogP contribution in [-0.4, -0.2) is 17.5 Å². The highest BCUT2D eigenvalue weighted by Gasteiger charge is 2.31. The Labute approximate surface area is 96.3 Å². The molecule has 3 heterocycles. The molecule has 0 aromatic carbocycles. The van der Waals surface area contributed by atoms with Crippen LogP contribution in [0.2, 0.25) is 0 Å². The van der Waals surface area contributed by atoms with Crippen LogP contribution < -0.4 is 5.73 Å². The number of ketones is 1. The van der Waals surface area contributed by atoms with E-state index in [0.717, 1.165) is 16.1 Å². The summed E-state index contributed by atoms with van der Waals surface area (Å²) in [6, 6.07) is 1.71. The fourth-order valence-corrected chi connectivity index (χ4v) is 3.02. The summed E-state index contributed by atoms with van der Waals surface area (Å²) in [6.07, 6.45) is 1.78. The van der Waals surface area contributed by atoms with Crippen molar-refractivity contribution >= 4 is 22.8 Å². The van der Waals surface area contributed by atoms with E-state index in [2.05, 4.69) is 0 Å². The van der Waals surface area contributed by atoms with Gasteiger partial charge in [-0.15, -0.1) is 11.3 Å². The standard InChI is InChI=1S/C11H10N2O2S/c1-15-4-6-5-16-11-9(6)13-3-7(12)2-8(13)10(11)14/h2-3,5H,4,12H2,1H3. The summed E-state index contributed by atoms with van der Waals surface area (Å²) in [5, 5.41) is 1.96. The van der Waals surface area contributed by atoms with Gasteiger partial charge >= 0.3 is 0 Å². The Morgan fingerprint density at radius 3 is 3.12 bits per heavy atom. The number of carbonyl (C=O) groups excluding carboxylic acids is 1. The molecule has 0 fully saturated rings. The molecule has 4 nitrogen and oxygen atoms in total. The summed E-state index contributed by atoms with van der Waals surface area (Å²) >= 11 is 1.46. The van der Waals surface area contributed by atoms with E-state index in [9.17, 15) is 4.79 Å². The molecule has 5 heteroatoms. The molecule has 16 heavy (non-hydrogen) atoms. The summed E-state index contributed by atoms with van der Waals surface area (Å²) < 4.78 is 6.98. The highest BCUT2D eigenvalue weighted by molar-refractivity contribution is 7.13. The van der Waals surface area contributed by atoms with Gasteiger partial charge in [0.2, 0.25) is 5.78 Å². The summed E-state index contributed by atoms with van der Waals surface area (Å²) in [6.45, 7) is 0.511. The third-order valence-corrected chi connectivity index (χ3v) is 3.68. The Balaban J connectivity index is 2.24. The van der Waals surface area contributed by atoms with Gasteiger partial charge in [0.25, 0.3) is 0 Å². The van der Waals surface area contributed by atoms with E-state index in [1.54, 1.807) is 19.4 Å². The van der Waals surface area contributed by atoms with Gasteiger partial charge in [-0.3, -0.25) is 4.79 Å². The molecule has 0 saturated heterocycles. The minimum absolute atomic E-state index is 0.0547. The second kappa shape index (κ2) is 3.20. The number of carbonyl (C=O) groups is 1. The molecule has 0 amide bonds. The number of rotatable bonds is 2. The average Bonchev–Trinajstić information content (AvgIpc) is 2.86. The van der Waals surface area contributed by atoms with Crippen molar-refractivity contribution in [3.63, 3.8) is 0 Å². The number of nitrogen functional groups attached to an aromatic ring is 1. The largest absolute Gasteiger partial charge is 0.397 e. The molecule has 1 aliphatic heterocycles. The number of methoxy groups -OCH3 is 1. The molecule has 2 N–H and O–H groups in total. The predicted molar refractivity (Wildman–Crippen MR) is 62.2 cm³/mol. The number of nitrogens with two attached hydrogens (primary N) is 1. The zero-order valence-electron chi connectivity index (χ0n) is 8.69. The van der Waals surface area contributed by atoms with Gasteiger partial charge in [-0.05, 0) is 11.4 Å². The Kier molecular flexibility index (Phi) is 1.92. The lowest BCUT2D eigenvalue weighted by molar-refractivity contribution is 0.104. The highest BCUT2D eigenvalue weighted by atomic mass is 32.1. The summed E-state index contributed by atoms with van der Waals surface area (Å²) in [5.74, 6) is 0.0547. The van der Waals surface area contributed by atoms with Crippen LogP contribution in [0.15, 0.2) is 17.6 Å². The summed E-state index contributed by atoms with van der Waals surface area (Å²) in [5.41, 5.74) is 8.93. The molecule has 0 bridgehead atoms. The van der Waals surface area contributed by atoms with Crippen LogP contribution in [0.5, 0.6) is 0 Å². The molecular weight excluding hydrogens is 224 g/mol. The number of hydrogen-bond donors (Lipinski definition) is 1. The van der Waals surface area contributed by atoms with E-state index >= 15 is 0 Å². The average molecular weight is 234 g/mol. The second-order valence-electron chi connectivity index (χ2n) is 3.73. The minimum Gasteiger partial charge on any atom is -0.397 e. The molecule has 2 aromatic rings. The molecule has 2 aromatic heterocycles. The first-order chi connectivity index (χ1) is 7.72. The molecule has 0 atom stereocenters. The number of aromatic nitrogens is 1. The van der Waals surface area contributed by atoms with E-state index in [4.69, 9.17) is 10.5 Å². The zero-order valence-corrected chi connectivity index (χ0v) is 9.50. The van der Waals surface area contributed by atoms with Crippen molar-refractivity contribution in [1.29, 1.82) is 0 Å². The van der Waals surface area contributed by atoms with Gasteiger partial charge in [0.15, 0.2) is 0 Å². The Morgan fingerprint density at radius 1 is 1.56 bits per heavy atom. The molecule has 0 radical (unpaired) electrons. The topological polar surface area (TPSA) is 57.2 Å². The van der Waals surface area contributed by atoms with Crippen molar-refractivity contribution in [2.24, 2.45) is 0 Å². The Morgan fingerprint density at radius 2 is 2.38 bits per heavy atom. The lowest BCUT2D eigenvalue weighted by Crippen LogP contribution is -1.95. The number of hydrogen-bond acceptors (Lipinski definition) is 4. The fourth-order valence-electron chi connectivity index (χ4n) is 2.03. The molecule has 1 aliphatic rings. The number of ether oxygens (including phenoxy) is 1. The molecule has 0 spiro atoms. The maximum atomic E-state index is 12.0. The minimum atomic E-state index is 0.0547. The lowest BCUT2D eigenvalue weighted by Gasteiger charge is -2.02. The van der Waals surface area contributed by atoms with Crippen LogP contribution >= 0.6 is 11.3 Å². The van der Waals surface area contributed by atoms with Crippen LogP contribution in [0.1, 0.15) is 20.9 Å². The van der Waals surface area contributed by atoms with Gasteiger partial charge < -0.3 is 15.0 Å². The van der Waals surface area contributed by atoms with Crippen molar-refractivity contribution in [2.75, 3.05) is 12.8 Å². The maximum absolute atomic E-state index is 12.0. The van der Waals surface area contributed by atoms with E-state index < -0.39 is 0 Å². The van der Waals surface area contributed by atoms with Gasteiger partial charge in [-0.1, -0.05) is 0 Å².